The van der Waals surface area contributed by atoms with E-state index in [4.69, 9.17) is 4.74 Å². The molecule has 0 saturated heterocycles. The molecule has 1 nitrogen and oxygen atoms in total. The molecule has 1 heterocycles. The van der Waals surface area contributed by atoms with E-state index in [-0.39, 0.29) is 0 Å². The highest BCUT2D eigenvalue weighted by molar-refractivity contribution is 9.10. The fourth-order valence-corrected chi connectivity index (χ4v) is 2.29. The first-order chi connectivity index (χ1) is 6.16. The molecule has 13 heavy (non-hydrogen) atoms. The number of allylic oxidation sites excluding steroid dienone is 1. The third-order valence-electron chi connectivity index (χ3n) is 1.97. The van der Waals surface area contributed by atoms with Crippen molar-refractivity contribution in [2.24, 2.45) is 0 Å². The first-order valence-corrected chi connectivity index (χ1v) is 5.27. The summed E-state index contributed by atoms with van der Waals surface area (Å²) in [5.74, 6) is 0.901. The van der Waals surface area contributed by atoms with Gasteiger partial charge in [0.25, 0.3) is 0 Å². The lowest BCUT2D eigenvalue weighted by molar-refractivity contribution is 0.447. The highest BCUT2D eigenvalue weighted by atomic mass is 79.9. The predicted molar refractivity (Wildman–Crippen MR) is 60.3 cm³/mol. The standard InChI is InChI=1S/C10H9BrOS/c1-6-4-7-2-3-9(13)12-10(7)8(11)5-6/h3-5,13H,2H2,1H3. The van der Waals surface area contributed by atoms with Gasteiger partial charge in [0.2, 0.25) is 0 Å². The maximum atomic E-state index is 5.50. The molecular formula is C10H9BrOS. The molecule has 0 amide bonds. The normalized spacial score (nSPS) is 14.5. The minimum absolute atomic E-state index is 0.678. The van der Waals surface area contributed by atoms with Gasteiger partial charge in [0.15, 0.2) is 5.09 Å². The smallest absolute Gasteiger partial charge is 0.154 e. The van der Waals surface area contributed by atoms with Gasteiger partial charge in [0.05, 0.1) is 4.47 Å². The highest BCUT2D eigenvalue weighted by Gasteiger charge is 2.13. The molecule has 0 radical (unpaired) electrons. The molecule has 0 atom stereocenters. The molecule has 1 aromatic carbocycles. The van der Waals surface area contributed by atoms with Crippen molar-refractivity contribution in [3.05, 3.63) is 38.9 Å². The summed E-state index contributed by atoms with van der Waals surface area (Å²) in [6.07, 6.45) is 2.87. The van der Waals surface area contributed by atoms with E-state index in [2.05, 4.69) is 41.5 Å². The molecule has 68 valence electrons. The van der Waals surface area contributed by atoms with Crippen molar-refractivity contribution < 1.29 is 4.74 Å². The van der Waals surface area contributed by atoms with Gasteiger partial charge in [-0.05, 0) is 47.0 Å². The van der Waals surface area contributed by atoms with Crippen molar-refractivity contribution in [3.63, 3.8) is 0 Å². The molecule has 0 aromatic heterocycles. The van der Waals surface area contributed by atoms with Crippen LogP contribution in [0.15, 0.2) is 27.8 Å². The van der Waals surface area contributed by atoms with E-state index in [9.17, 15) is 0 Å². The summed E-state index contributed by atoms with van der Waals surface area (Å²) in [6, 6.07) is 4.18. The van der Waals surface area contributed by atoms with E-state index >= 15 is 0 Å². The Bertz CT molecular complexity index is 385. The molecule has 1 aliphatic rings. The van der Waals surface area contributed by atoms with E-state index < -0.39 is 0 Å². The molecule has 0 saturated carbocycles. The van der Waals surface area contributed by atoms with Crippen LogP contribution in [0.25, 0.3) is 0 Å². The zero-order valence-corrected chi connectivity index (χ0v) is 9.65. The summed E-state index contributed by atoms with van der Waals surface area (Å²) >= 11 is 7.65. The fraction of sp³-hybridized carbons (Fsp3) is 0.200. The van der Waals surface area contributed by atoms with Crippen molar-refractivity contribution in [1.82, 2.24) is 0 Å². The van der Waals surface area contributed by atoms with E-state index in [1.54, 1.807) is 0 Å². The molecule has 3 heteroatoms. The fourth-order valence-electron chi connectivity index (χ4n) is 1.41. The summed E-state index contributed by atoms with van der Waals surface area (Å²) in [4.78, 5) is 0. The summed E-state index contributed by atoms with van der Waals surface area (Å²) in [6.45, 7) is 2.07. The monoisotopic (exact) mass is 256 g/mol. The average Bonchev–Trinajstić information content (AvgIpc) is 2.06. The van der Waals surface area contributed by atoms with E-state index in [1.165, 1.54) is 11.1 Å². The molecule has 0 bridgehead atoms. The Balaban J connectivity index is 2.52. The molecule has 2 rings (SSSR count). The van der Waals surface area contributed by atoms with Gasteiger partial charge in [-0.15, -0.1) is 12.6 Å². The number of rotatable bonds is 0. The second-order valence-electron chi connectivity index (χ2n) is 3.08. The van der Waals surface area contributed by atoms with Crippen LogP contribution in [-0.2, 0) is 6.42 Å². The minimum Gasteiger partial charge on any atom is -0.450 e. The van der Waals surface area contributed by atoms with E-state index in [0.717, 1.165) is 16.6 Å². The van der Waals surface area contributed by atoms with Crippen LogP contribution in [0.4, 0.5) is 0 Å². The van der Waals surface area contributed by atoms with Crippen LogP contribution >= 0.6 is 28.6 Å². The molecule has 0 spiro atoms. The van der Waals surface area contributed by atoms with Gasteiger partial charge >= 0.3 is 0 Å². The molecular weight excluding hydrogens is 248 g/mol. The minimum atomic E-state index is 0.678. The Morgan fingerprint density at radius 3 is 3.00 bits per heavy atom. The van der Waals surface area contributed by atoms with Gasteiger partial charge in [-0.3, -0.25) is 0 Å². The second-order valence-corrected chi connectivity index (χ2v) is 4.38. The van der Waals surface area contributed by atoms with Crippen molar-refractivity contribution in [1.29, 1.82) is 0 Å². The Labute approximate surface area is 91.3 Å². The highest BCUT2D eigenvalue weighted by Crippen LogP contribution is 2.35. The molecule has 1 aliphatic heterocycles. The third-order valence-corrected chi connectivity index (χ3v) is 2.83. The van der Waals surface area contributed by atoms with Gasteiger partial charge in [0, 0.05) is 5.56 Å². The van der Waals surface area contributed by atoms with Gasteiger partial charge < -0.3 is 4.74 Å². The summed E-state index contributed by atoms with van der Waals surface area (Å²) in [5, 5.41) is 0.678. The van der Waals surface area contributed by atoms with Crippen molar-refractivity contribution in [2.75, 3.05) is 0 Å². The number of benzene rings is 1. The number of hydrogen-bond donors (Lipinski definition) is 1. The Morgan fingerprint density at radius 2 is 2.23 bits per heavy atom. The summed E-state index contributed by atoms with van der Waals surface area (Å²) < 4.78 is 6.50. The molecule has 0 unspecified atom stereocenters. The van der Waals surface area contributed by atoms with Crippen LogP contribution in [0.3, 0.4) is 0 Å². The molecule has 0 fully saturated rings. The zero-order valence-electron chi connectivity index (χ0n) is 7.17. The number of fused-ring (bicyclic) bond motifs is 1. The number of aryl methyl sites for hydroxylation is 1. The third kappa shape index (κ3) is 1.76. The van der Waals surface area contributed by atoms with Crippen molar-refractivity contribution >= 4 is 28.6 Å². The number of hydrogen-bond acceptors (Lipinski definition) is 2. The first-order valence-electron chi connectivity index (χ1n) is 4.03. The SMILES string of the molecule is Cc1cc(Br)c2c(c1)CC=C(S)O2. The van der Waals surface area contributed by atoms with Crippen LogP contribution in [0.2, 0.25) is 0 Å². The topological polar surface area (TPSA) is 9.23 Å². The number of halogens is 1. The summed E-state index contributed by atoms with van der Waals surface area (Å²) in [5.41, 5.74) is 2.45. The predicted octanol–water partition coefficient (Wildman–Crippen LogP) is 3.46. The van der Waals surface area contributed by atoms with Gasteiger partial charge in [-0.1, -0.05) is 6.07 Å². The lowest BCUT2D eigenvalue weighted by Crippen LogP contribution is -2.01. The average molecular weight is 257 g/mol. The molecule has 0 aliphatic carbocycles. The Morgan fingerprint density at radius 1 is 1.46 bits per heavy atom. The summed E-state index contributed by atoms with van der Waals surface area (Å²) in [7, 11) is 0. The lowest BCUT2D eigenvalue weighted by atomic mass is 10.1. The van der Waals surface area contributed by atoms with Crippen molar-refractivity contribution in [3.8, 4) is 5.75 Å². The van der Waals surface area contributed by atoms with Crippen LogP contribution in [-0.4, -0.2) is 0 Å². The van der Waals surface area contributed by atoms with Crippen LogP contribution < -0.4 is 4.74 Å². The molecule has 1 aromatic rings. The quantitative estimate of drug-likeness (QED) is 0.700. The Kier molecular flexibility index (Phi) is 2.39. The second kappa shape index (κ2) is 3.39. The maximum absolute atomic E-state index is 5.50. The van der Waals surface area contributed by atoms with Crippen LogP contribution in [0.5, 0.6) is 5.75 Å². The van der Waals surface area contributed by atoms with E-state index in [1.807, 2.05) is 12.1 Å². The van der Waals surface area contributed by atoms with Crippen molar-refractivity contribution in [2.45, 2.75) is 13.3 Å². The van der Waals surface area contributed by atoms with Gasteiger partial charge in [-0.2, -0.15) is 0 Å². The lowest BCUT2D eigenvalue weighted by Gasteiger charge is -2.17. The van der Waals surface area contributed by atoms with Crippen LogP contribution in [0, 0.1) is 6.92 Å². The molecule has 0 N–H and O–H groups in total. The largest absolute Gasteiger partial charge is 0.450 e. The first kappa shape index (κ1) is 9.16. The number of thiol groups is 1. The van der Waals surface area contributed by atoms with E-state index in [0.29, 0.717) is 5.09 Å². The van der Waals surface area contributed by atoms with Gasteiger partial charge in [0.1, 0.15) is 5.75 Å². The maximum Gasteiger partial charge on any atom is 0.154 e. The van der Waals surface area contributed by atoms with Gasteiger partial charge in [-0.25, -0.2) is 0 Å². The Hall–Kier alpha value is -0.410. The number of ether oxygens (including phenoxy) is 1. The zero-order chi connectivity index (χ0) is 9.42. The van der Waals surface area contributed by atoms with Crippen LogP contribution in [0.1, 0.15) is 11.1 Å².